The van der Waals surface area contributed by atoms with Crippen LogP contribution in [0.1, 0.15) is 58.5 Å². The number of nitrogens with zero attached hydrogens (tertiary/aromatic N) is 2. The number of benzene rings is 2. The molecule has 1 amide bonds. The minimum absolute atomic E-state index is 0.00732. The zero-order valence-corrected chi connectivity index (χ0v) is 19.9. The van der Waals surface area contributed by atoms with E-state index in [0.717, 1.165) is 74.7 Å². The van der Waals surface area contributed by atoms with Crippen molar-refractivity contribution in [1.29, 1.82) is 0 Å². The molecule has 2 aromatic carbocycles. The summed E-state index contributed by atoms with van der Waals surface area (Å²) >= 11 is 0. The van der Waals surface area contributed by atoms with E-state index in [0.29, 0.717) is 11.3 Å². The smallest absolute Gasteiger partial charge is 0.270 e. The van der Waals surface area contributed by atoms with Crippen molar-refractivity contribution in [3.05, 3.63) is 71.2 Å². The van der Waals surface area contributed by atoms with Crippen molar-refractivity contribution < 1.29 is 19.1 Å². The summed E-state index contributed by atoms with van der Waals surface area (Å²) in [5, 5.41) is 10.5. The second-order valence-electron chi connectivity index (χ2n) is 9.79. The molecule has 0 spiro atoms. The molecule has 0 bridgehead atoms. The monoisotopic (exact) mass is 477 g/mol. The van der Waals surface area contributed by atoms with Crippen molar-refractivity contribution in [3.63, 3.8) is 0 Å². The summed E-state index contributed by atoms with van der Waals surface area (Å²) in [6, 6.07) is 13.6. The molecular weight excluding hydrogens is 445 g/mol. The number of rotatable bonds is 7. The van der Waals surface area contributed by atoms with Crippen LogP contribution in [0.25, 0.3) is 10.9 Å². The Morgan fingerprint density at radius 3 is 2.54 bits per heavy atom. The predicted octanol–water partition coefficient (Wildman–Crippen LogP) is 4.39. The van der Waals surface area contributed by atoms with Gasteiger partial charge in [-0.15, -0.1) is 0 Å². The quantitative estimate of drug-likeness (QED) is 0.495. The molecule has 0 saturated carbocycles. The average molecular weight is 478 g/mol. The van der Waals surface area contributed by atoms with Crippen LogP contribution in [0.15, 0.2) is 48.5 Å². The van der Waals surface area contributed by atoms with Gasteiger partial charge in [-0.3, -0.25) is 9.59 Å². The number of aliphatic hydroxyl groups excluding tert-OH is 1. The second kappa shape index (κ2) is 10.3. The molecule has 1 atom stereocenters. The Labute approximate surface area is 204 Å². The summed E-state index contributed by atoms with van der Waals surface area (Å²) in [6.07, 6.45) is 4.56. The van der Waals surface area contributed by atoms with Gasteiger partial charge >= 0.3 is 0 Å². The van der Waals surface area contributed by atoms with Gasteiger partial charge in [0.2, 0.25) is 0 Å². The number of halogens is 1. The van der Waals surface area contributed by atoms with Crippen molar-refractivity contribution in [2.45, 2.75) is 44.8 Å². The number of aromatic amines is 1. The first-order valence-electron chi connectivity index (χ1n) is 12.6. The molecule has 1 aromatic heterocycles. The summed E-state index contributed by atoms with van der Waals surface area (Å²) in [4.78, 5) is 33.7. The first kappa shape index (κ1) is 23.7. The maximum absolute atomic E-state index is 13.3. The second-order valence-corrected chi connectivity index (χ2v) is 9.79. The first-order chi connectivity index (χ1) is 17.0. The minimum atomic E-state index is -0.324. The molecule has 2 aliphatic rings. The third-order valence-electron chi connectivity index (χ3n) is 7.66. The number of nitrogens with one attached hydrogen (secondary N) is 1. The van der Waals surface area contributed by atoms with E-state index in [2.05, 4.69) is 9.88 Å². The molecule has 35 heavy (non-hydrogen) atoms. The lowest BCUT2D eigenvalue weighted by atomic mass is 9.88. The van der Waals surface area contributed by atoms with Gasteiger partial charge in [0.1, 0.15) is 11.5 Å². The van der Waals surface area contributed by atoms with Crippen LogP contribution in [0.3, 0.4) is 0 Å². The SMILES string of the molecule is O=C(c1ccc(F)cc1)C1CCN(CCC2CCCN2C(=O)c2cc3c(CO)cccc3[nH]2)CC1. The Kier molecular flexibility index (Phi) is 6.97. The van der Waals surface area contributed by atoms with Crippen molar-refractivity contribution in [2.24, 2.45) is 5.92 Å². The number of aliphatic hydroxyl groups is 1. The third-order valence-corrected chi connectivity index (χ3v) is 7.66. The van der Waals surface area contributed by atoms with Crippen LogP contribution >= 0.6 is 0 Å². The first-order valence-corrected chi connectivity index (χ1v) is 12.6. The number of hydrogen-bond acceptors (Lipinski definition) is 4. The van der Waals surface area contributed by atoms with Crippen LogP contribution in [0.4, 0.5) is 4.39 Å². The van der Waals surface area contributed by atoms with Crippen molar-refractivity contribution >= 4 is 22.6 Å². The maximum Gasteiger partial charge on any atom is 0.270 e. The molecule has 3 aromatic rings. The van der Waals surface area contributed by atoms with Gasteiger partial charge in [0.05, 0.1) is 6.61 Å². The number of piperidine rings is 1. The highest BCUT2D eigenvalue weighted by atomic mass is 19.1. The number of carbonyl (C=O) groups excluding carboxylic acids is 2. The number of hydrogen-bond donors (Lipinski definition) is 2. The number of aromatic nitrogens is 1. The van der Waals surface area contributed by atoms with Crippen LogP contribution in [0.2, 0.25) is 0 Å². The fourth-order valence-electron chi connectivity index (χ4n) is 5.63. The van der Waals surface area contributed by atoms with E-state index in [1.165, 1.54) is 12.1 Å². The normalized spacial score (nSPS) is 19.5. The highest BCUT2D eigenvalue weighted by molar-refractivity contribution is 5.99. The van der Waals surface area contributed by atoms with Gasteiger partial charge < -0.3 is 19.9 Å². The number of amides is 1. The maximum atomic E-state index is 13.3. The standard InChI is InChI=1S/C28H32FN3O3/c29-22-8-6-19(7-9-22)27(34)20-10-14-31(15-11-20)16-12-23-4-2-13-32(23)28(35)26-17-24-21(18-33)3-1-5-25(24)30-26/h1,3,5-9,17,20,23,30,33H,2,4,10-16,18H2. The molecule has 5 rings (SSSR count). The highest BCUT2D eigenvalue weighted by Crippen LogP contribution is 2.27. The topological polar surface area (TPSA) is 76.6 Å². The molecular formula is C28H32FN3O3. The molecule has 184 valence electrons. The van der Waals surface area contributed by atoms with E-state index in [1.807, 2.05) is 29.2 Å². The van der Waals surface area contributed by atoms with E-state index in [4.69, 9.17) is 0 Å². The molecule has 2 fully saturated rings. The number of H-pyrrole nitrogens is 1. The number of carbonyl (C=O) groups is 2. The molecule has 2 aliphatic heterocycles. The Hall–Kier alpha value is -3.03. The van der Waals surface area contributed by atoms with Crippen LogP contribution in [-0.2, 0) is 6.61 Å². The predicted molar refractivity (Wildman–Crippen MR) is 133 cm³/mol. The van der Waals surface area contributed by atoms with Crippen molar-refractivity contribution in [2.75, 3.05) is 26.2 Å². The molecule has 1 unspecified atom stereocenters. The van der Waals surface area contributed by atoms with Gasteiger partial charge in [-0.25, -0.2) is 4.39 Å². The van der Waals surface area contributed by atoms with Crippen LogP contribution in [0.5, 0.6) is 0 Å². The number of likely N-dealkylation sites (tertiary alicyclic amines) is 2. The molecule has 6 nitrogen and oxygen atoms in total. The van der Waals surface area contributed by atoms with Gasteiger partial charge in [0.25, 0.3) is 5.91 Å². The van der Waals surface area contributed by atoms with Crippen LogP contribution < -0.4 is 0 Å². The Balaban J connectivity index is 1.15. The lowest BCUT2D eigenvalue weighted by Gasteiger charge is -2.33. The summed E-state index contributed by atoms with van der Waals surface area (Å²) < 4.78 is 13.2. The third kappa shape index (κ3) is 5.02. The van der Waals surface area contributed by atoms with Gasteiger partial charge in [0.15, 0.2) is 5.78 Å². The summed E-state index contributed by atoms with van der Waals surface area (Å²) in [6.45, 7) is 3.35. The molecule has 3 heterocycles. The van der Waals surface area contributed by atoms with E-state index >= 15 is 0 Å². The number of Topliss-reactive ketones (excluding diaryl/α,β-unsaturated/α-hetero) is 1. The fraction of sp³-hybridized carbons (Fsp3) is 0.429. The van der Waals surface area contributed by atoms with E-state index in [1.54, 1.807) is 12.1 Å². The van der Waals surface area contributed by atoms with E-state index in [-0.39, 0.29) is 36.1 Å². The number of fused-ring (bicyclic) bond motifs is 1. The van der Waals surface area contributed by atoms with Gasteiger partial charge in [-0.05, 0) is 87.2 Å². The minimum Gasteiger partial charge on any atom is -0.392 e. The molecule has 0 radical (unpaired) electrons. The summed E-state index contributed by atoms with van der Waals surface area (Å²) in [7, 11) is 0. The Morgan fingerprint density at radius 2 is 1.80 bits per heavy atom. The Morgan fingerprint density at radius 1 is 1.03 bits per heavy atom. The zero-order valence-electron chi connectivity index (χ0n) is 19.9. The largest absolute Gasteiger partial charge is 0.392 e. The van der Waals surface area contributed by atoms with E-state index in [9.17, 15) is 19.1 Å². The fourth-order valence-corrected chi connectivity index (χ4v) is 5.63. The lowest BCUT2D eigenvalue weighted by Crippen LogP contribution is -2.41. The zero-order chi connectivity index (χ0) is 24.4. The van der Waals surface area contributed by atoms with Crippen LogP contribution in [0, 0.1) is 11.7 Å². The van der Waals surface area contributed by atoms with Crippen molar-refractivity contribution in [1.82, 2.24) is 14.8 Å². The molecule has 7 heteroatoms. The number of ketones is 1. The summed E-state index contributed by atoms with van der Waals surface area (Å²) in [5.74, 6) is -0.196. The Bertz CT molecular complexity index is 1200. The van der Waals surface area contributed by atoms with Crippen LogP contribution in [-0.4, -0.2) is 63.8 Å². The molecule has 2 N–H and O–H groups in total. The average Bonchev–Trinajstić information content (AvgIpc) is 3.54. The molecule has 2 saturated heterocycles. The highest BCUT2D eigenvalue weighted by Gasteiger charge is 2.31. The molecule has 0 aliphatic carbocycles. The van der Waals surface area contributed by atoms with Gasteiger partial charge in [-0.2, -0.15) is 0 Å². The van der Waals surface area contributed by atoms with E-state index < -0.39 is 0 Å². The van der Waals surface area contributed by atoms with Crippen molar-refractivity contribution in [3.8, 4) is 0 Å². The lowest BCUT2D eigenvalue weighted by molar-refractivity contribution is 0.0700. The summed E-state index contributed by atoms with van der Waals surface area (Å²) in [5.41, 5.74) is 2.85. The van der Waals surface area contributed by atoms with Gasteiger partial charge in [-0.1, -0.05) is 12.1 Å². The van der Waals surface area contributed by atoms with Gasteiger partial charge in [0, 0.05) is 41.5 Å².